The van der Waals surface area contributed by atoms with Crippen molar-refractivity contribution in [2.24, 2.45) is 0 Å². The highest BCUT2D eigenvalue weighted by molar-refractivity contribution is 6.35. The van der Waals surface area contributed by atoms with Gasteiger partial charge in [0.05, 0.1) is 11.2 Å². The van der Waals surface area contributed by atoms with Crippen molar-refractivity contribution in [1.82, 2.24) is 5.16 Å². The van der Waals surface area contributed by atoms with E-state index in [1.54, 1.807) is 6.20 Å². The number of rotatable bonds is 1. The first-order valence-electron chi connectivity index (χ1n) is 3.88. The quantitative estimate of drug-likeness (QED) is 0.693. The van der Waals surface area contributed by atoms with E-state index < -0.39 is 0 Å². The Morgan fingerprint density at radius 1 is 1.54 bits per heavy atom. The largest absolute Gasteiger partial charge is 0.355 e. The second-order valence-corrected chi connectivity index (χ2v) is 3.39. The molecule has 0 amide bonds. The first-order chi connectivity index (χ1) is 6.18. The Balaban J connectivity index is 2.77. The van der Waals surface area contributed by atoms with Gasteiger partial charge >= 0.3 is 0 Å². The molecular weight excluding hydrogens is 186 g/mol. The van der Waals surface area contributed by atoms with Gasteiger partial charge in [-0.1, -0.05) is 28.9 Å². The summed E-state index contributed by atoms with van der Waals surface area (Å²) in [5.41, 5.74) is 2.62. The fourth-order valence-corrected chi connectivity index (χ4v) is 1.45. The summed E-state index contributed by atoms with van der Waals surface area (Å²) in [6.45, 7) is 5.78. The first-order valence-corrected chi connectivity index (χ1v) is 4.26. The van der Waals surface area contributed by atoms with E-state index in [1.807, 2.05) is 19.1 Å². The maximum atomic E-state index is 5.97. The van der Waals surface area contributed by atoms with Gasteiger partial charge in [0.25, 0.3) is 0 Å². The van der Waals surface area contributed by atoms with Crippen molar-refractivity contribution < 1.29 is 4.52 Å². The number of benzene rings is 1. The van der Waals surface area contributed by atoms with Gasteiger partial charge in [-0.25, -0.2) is 0 Å². The Morgan fingerprint density at radius 2 is 2.31 bits per heavy atom. The standard InChI is InChI=1S/C10H8ClNO/c1-6(2)7-3-8-5-12-13-10(8)9(11)4-7/h3-5H,1H2,2H3. The van der Waals surface area contributed by atoms with Crippen LogP contribution < -0.4 is 0 Å². The lowest BCUT2D eigenvalue weighted by atomic mass is 10.1. The van der Waals surface area contributed by atoms with Crippen molar-refractivity contribution >= 4 is 28.1 Å². The Morgan fingerprint density at radius 3 is 3.00 bits per heavy atom. The van der Waals surface area contributed by atoms with E-state index >= 15 is 0 Å². The molecule has 0 aliphatic carbocycles. The second kappa shape index (κ2) is 2.89. The van der Waals surface area contributed by atoms with E-state index in [2.05, 4.69) is 11.7 Å². The van der Waals surface area contributed by atoms with Crippen LogP contribution in [0.2, 0.25) is 5.02 Å². The van der Waals surface area contributed by atoms with Crippen molar-refractivity contribution in [3.05, 3.63) is 35.5 Å². The van der Waals surface area contributed by atoms with Gasteiger partial charge in [0.1, 0.15) is 0 Å². The molecule has 0 saturated heterocycles. The monoisotopic (exact) mass is 193 g/mol. The molecule has 1 aromatic carbocycles. The molecule has 66 valence electrons. The number of nitrogens with zero attached hydrogens (tertiary/aromatic N) is 1. The van der Waals surface area contributed by atoms with Gasteiger partial charge in [0, 0.05) is 5.39 Å². The molecule has 0 N–H and O–H groups in total. The molecule has 0 unspecified atom stereocenters. The van der Waals surface area contributed by atoms with Crippen molar-refractivity contribution in [3.63, 3.8) is 0 Å². The topological polar surface area (TPSA) is 26.0 Å². The van der Waals surface area contributed by atoms with Crippen molar-refractivity contribution in [3.8, 4) is 0 Å². The van der Waals surface area contributed by atoms with Gasteiger partial charge in [-0.15, -0.1) is 0 Å². The Bertz CT molecular complexity index is 473. The van der Waals surface area contributed by atoms with Crippen LogP contribution in [-0.2, 0) is 0 Å². The number of fused-ring (bicyclic) bond motifs is 1. The lowest BCUT2D eigenvalue weighted by Crippen LogP contribution is -1.78. The highest BCUT2D eigenvalue weighted by Crippen LogP contribution is 2.27. The van der Waals surface area contributed by atoms with E-state index in [0.717, 1.165) is 16.5 Å². The molecule has 0 atom stereocenters. The molecule has 0 aliphatic rings. The van der Waals surface area contributed by atoms with Crippen LogP contribution in [0.15, 0.2) is 29.4 Å². The zero-order valence-electron chi connectivity index (χ0n) is 7.17. The van der Waals surface area contributed by atoms with Crippen LogP contribution in [0.5, 0.6) is 0 Å². The van der Waals surface area contributed by atoms with Gasteiger partial charge in [-0.05, 0) is 24.6 Å². The molecule has 0 aliphatic heterocycles. The third-order valence-electron chi connectivity index (χ3n) is 1.90. The predicted octanol–water partition coefficient (Wildman–Crippen LogP) is 3.51. The van der Waals surface area contributed by atoms with Crippen LogP contribution in [0, 0.1) is 0 Å². The molecule has 2 nitrogen and oxygen atoms in total. The minimum atomic E-state index is 0.577. The number of hydrogen-bond acceptors (Lipinski definition) is 2. The minimum Gasteiger partial charge on any atom is -0.355 e. The van der Waals surface area contributed by atoms with Gasteiger partial charge in [-0.3, -0.25) is 0 Å². The summed E-state index contributed by atoms with van der Waals surface area (Å²) in [4.78, 5) is 0. The zero-order chi connectivity index (χ0) is 9.42. The number of halogens is 1. The second-order valence-electron chi connectivity index (χ2n) is 2.98. The van der Waals surface area contributed by atoms with Crippen molar-refractivity contribution in [2.45, 2.75) is 6.92 Å². The van der Waals surface area contributed by atoms with E-state index in [1.165, 1.54) is 0 Å². The average molecular weight is 194 g/mol. The van der Waals surface area contributed by atoms with E-state index in [9.17, 15) is 0 Å². The highest BCUT2D eigenvalue weighted by Gasteiger charge is 2.06. The summed E-state index contributed by atoms with van der Waals surface area (Å²) >= 11 is 5.97. The summed E-state index contributed by atoms with van der Waals surface area (Å²) in [6, 6.07) is 3.79. The Hall–Kier alpha value is -1.28. The van der Waals surface area contributed by atoms with Gasteiger partial charge in [0.2, 0.25) is 0 Å². The lowest BCUT2D eigenvalue weighted by molar-refractivity contribution is 0.456. The summed E-state index contributed by atoms with van der Waals surface area (Å²) in [5.74, 6) is 0. The number of aromatic nitrogens is 1. The Kier molecular flexibility index (Phi) is 1.85. The van der Waals surface area contributed by atoms with Crippen LogP contribution >= 0.6 is 11.6 Å². The molecule has 3 heteroatoms. The van der Waals surface area contributed by atoms with Crippen LogP contribution in [0.4, 0.5) is 0 Å². The molecule has 13 heavy (non-hydrogen) atoms. The maximum absolute atomic E-state index is 5.97. The van der Waals surface area contributed by atoms with Crippen molar-refractivity contribution in [1.29, 1.82) is 0 Å². The van der Waals surface area contributed by atoms with Crippen LogP contribution in [0.25, 0.3) is 16.5 Å². The molecule has 2 rings (SSSR count). The maximum Gasteiger partial charge on any atom is 0.185 e. The van der Waals surface area contributed by atoms with Gasteiger partial charge < -0.3 is 4.52 Å². The molecule has 0 bridgehead atoms. The van der Waals surface area contributed by atoms with E-state index in [4.69, 9.17) is 16.1 Å². The number of hydrogen-bond donors (Lipinski definition) is 0. The third-order valence-corrected chi connectivity index (χ3v) is 2.18. The molecule has 0 fully saturated rings. The van der Waals surface area contributed by atoms with Crippen LogP contribution in [0.3, 0.4) is 0 Å². The van der Waals surface area contributed by atoms with Crippen molar-refractivity contribution in [2.75, 3.05) is 0 Å². The third kappa shape index (κ3) is 1.33. The molecular formula is C10H8ClNO. The molecule has 0 radical (unpaired) electrons. The summed E-state index contributed by atoms with van der Waals surface area (Å²) in [6.07, 6.45) is 1.65. The molecule has 0 spiro atoms. The average Bonchev–Trinajstić information content (AvgIpc) is 2.51. The minimum absolute atomic E-state index is 0.577. The SMILES string of the molecule is C=C(C)c1cc(Cl)c2oncc2c1. The fraction of sp³-hybridized carbons (Fsp3) is 0.100. The van der Waals surface area contributed by atoms with Crippen LogP contribution in [-0.4, -0.2) is 5.16 Å². The van der Waals surface area contributed by atoms with Gasteiger partial charge in [0.15, 0.2) is 5.58 Å². The number of allylic oxidation sites excluding steroid dienone is 1. The zero-order valence-corrected chi connectivity index (χ0v) is 7.93. The Labute approximate surface area is 80.8 Å². The first kappa shape index (κ1) is 8.32. The highest BCUT2D eigenvalue weighted by atomic mass is 35.5. The molecule has 1 heterocycles. The van der Waals surface area contributed by atoms with E-state index in [-0.39, 0.29) is 0 Å². The molecule has 2 aromatic rings. The summed E-state index contributed by atoms with van der Waals surface area (Å²) < 4.78 is 4.97. The lowest BCUT2D eigenvalue weighted by Gasteiger charge is -1.99. The normalized spacial score (nSPS) is 10.6. The van der Waals surface area contributed by atoms with Crippen LogP contribution in [0.1, 0.15) is 12.5 Å². The van der Waals surface area contributed by atoms with Gasteiger partial charge in [-0.2, -0.15) is 0 Å². The summed E-state index contributed by atoms with van der Waals surface area (Å²) in [5, 5.41) is 5.16. The fourth-order valence-electron chi connectivity index (χ4n) is 1.19. The van der Waals surface area contributed by atoms with E-state index in [0.29, 0.717) is 10.6 Å². The predicted molar refractivity (Wildman–Crippen MR) is 53.7 cm³/mol. The summed E-state index contributed by atoms with van der Waals surface area (Å²) in [7, 11) is 0. The molecule has 0 saturated carbocycles. The smallest absolute Gasteiger partial charge is 0.185 e. The molecule has 1 aromatic heterocycles.